The lowest BCUT2D eigenvalue weighted by Gasteiger charge is -2.03. The molecule has 0 spiro atoms. The first kappa shape index (κ1) is 11.5. The van der Waals surface area contributed by atoms with Crippen molar-refractivity contribution in [3.8, 4) is 0 Å². The first-order valence-electron chi connectivity index (χ1n) is 4.02. The molecule has 1 aromatic rings. The van der Waals surface area contributed by atoms with Gasteiger partial charge in [-0.05, 0) is 18.2 Å². The molecule has 0 radical (unpaired) electrons. The molecule has 3 N–H and O–H groups in total. The summed E-state index contributed by atoms with van der Waals surface area (Å²) in [5.74, 6) is -2.15. The summed E-state index contributed by atoms with van der Waals surface area (Å²) in [4.78, 5) is 21.6. The van der Waals surface area contributed by atoms with E-state index >= 15 is 0 Å². The second-order valence-electron chi connectivity index (χ2n) is 2.77. The summed E-state index contributed by atoms with van der Waals surface area (Å²) in [6, 6.07) is 3.62. The molecule has 0 aliphatic carbocycles. The first-order valence-corrected chi connectivity index (χ1v) is 4.40. The number of hydrogen-bond donors (Lipinski definition) is 2. The van der Waals surface area contributed by atoms with Crippen LogP contribution in [-0.2, 0) is 4.79 Å². The van der Waals surface area contributed by atoms with Crippen LogP contribution in [-0.4, -0.2) is 18.4 Å². The van der Waals surface area contributed by atoms with Gasteiger partial charge in [-0.2, -0.15) is 0 Å². The number of halogens is 2. The van der Waals surface area contributed by atoms with E-state index in [0.717, 1.165) is 6.07 Å². The van der Waals surface area contributed by atoms with Crippen LogP contribution in [0.2, 0.25) is 5.02 Å². The Morgan fingerprint density at radius 3 is 2.67 bits per heavy atom. The Morgan fingerprint density at radius 2 is 2.13 bits per heavy atom. The molecule has 0 aromatic heterocycles. The molecule has 1 aromatic carbocycles. The maximum absolute atomic E-state index is 13.2. The van der Waals surface area contributed by atoms with Crippen molar-refractivity contribution in [2.24, 2.45) is 5.73 Å². The van der Waals surface area contributed by atoms with Crippen molar-refractivity contribution < 1.29 is 14.0 Å². The predicted molar refractivity (Wildman–Crippen MR) is 52.9 cm³/mol. The average Bonchev–Trinajstić information content (AvgIpc) is 2.14. The van der Waals surface area contributed by atoms with Crippen LogP contribution in [0.25, 0.3) is 0 Å². The lowest BCUT2D eigenvalue weighted by Crippen LogP contribution is -2.33. The lowest BCUT2D eigenvalue weighted by atomic mass is 10.2. The smallest absolute Gasteiger partial charge is 0.254 e. The Balaban J connectivity index is 2.78. The van der Waals surface area contributed by atoms with Gasteiger partial charge < -0.3 is 11.1 Å². The van der Waals surface area contributed by atoms with Gasteiger partial charge in [-0.3, -0.25) is 9.59 Å². The SMILES string of the molecule is NC(=O)CNC(=O)c1ccc(Cl)cc1F. The van der Waals surface area contributed by atoms with E-state index in [4.69, 9.17) is 17.3 Å². The molecule has 15 heavy (non-hydrogen) atoms. The highest BCUT2D eigenvalue weighted by molar-refractivity contribution is 6.30. The van der Waals surface area contributed by atoms with Gasteiger partial charge in [0.05, 0.1) is 12.1 Å². The summed E-state index contributed by atoms with van der Waals surface area (Å²) in [6.07, 6.45) is 0. The highest BCUT2D eigenvalue weighted by atomic mass is 35.5. The van der Waals surface area contributed by atoms with Gasteiger partial charge in [-0.1, -0.05) is 11.6 Å². The molecule has 80 valence electrons. The van der Waals surface area contributed by atoms with Gasteiger partial charge in [-0.25, -0.2) is 4.39 Å². The Labute approximate surface area is 90.2 Å². The van der Waals surface area contributed by atoms with Crippen molar-refractivity contribution in [3.63, 3.8) is 0 Å². The summed E-state index contributed by atoms with van der Waals surface area (Å²) in [6.45, 7) is -0.332. The first-order chi connectivity index (χ1) is 7.00. The molecule has 2 amide bonds. The van der Waals surface area contributed by atoms with Crippen LogP contribution in [0.5, 0.6) is 0 Å². The molecule has 0 unspecified atom stereocenters. The van der Waals surface area contributed by atoms with Gasteiger partial charge in [-0.15, -0.1) is 0 Å². The van der Waals surface area contributed by atoms with E-state index in [2.05, 4.69) is 5.32 Å². The number of carbonyl (C=O) groups is 2. The van der Waals surface area contributed by atoms with Crippen LogP contribution in [0.1, 0.15) is 10.4 Å². The topological polar surface area (TPSA) is 72.2 Å². The van der Waals surface area contributed by atoms with Gasteiger partial charge in [0, 0.05) is 5.02 Å². The average molecular weight is 231 g/mol. The van der Waals surface area contributed by atoms with Crippen molar-refractivity contribution in [2.75, 3.05) is 6.54 Å². The van der Waals surface area contributed by atoms with Crippen molar-refractivity contribution >= 4 is 23.4 Å². The summed E-state index contributed by atoms with van der Waals surface area (Å²) < 4.78 is 13.2. The number of rotatable bonds is 3. The minimum atomic E-state index is -0.746. The summed E-state index contributed by atoms with van der Waals surface area (Å²) >= 11 is 5.50. The van der Waals surface area contributed by atoms with E-state index in [-0.39, 0.29) is 17.1 Å². The molecule has 0 saturated heterocycles. The van der Waals surface area contributed by atoms with Crippen molar-refractivity contribution in [1.29, 1.82) is 0 Å². The molecule has 0 aliphatic rings. The summed E-state index contributed by atoms with van der Waals surface area (Å²) in [7, 11) is 0. The van der Waals surface area contributed by atoms with Gasteiger partial charge in [0.1, 0.15) is 5.82 Å². The Kier molecular flexibility index (Phi) is 3.62. The molecule has 6 heteroatoms. The van der Waals surface area contributed by atoms with Crippen molar-refractivity contribution in [1.82, 2.24) is 5.32 Å². The summed E-state index contributed by atoms with van der Waals surface area (Å²) in [5, 5.41) is 2.36. The minimum absolute atomic E-state index is 0.180. The molecular weight excluding hydrogens is 223 g/mol. The molecule has 0 bridgehead atoms. The van der Waals surface area contributed by atoms with Crippen LogP contribution < -0.4 is 11.1 Å². The molecule has 4 nitrogen and oxygen atoms in total. The third-order valence-corrected chi connectivity index (χ3v) is 1.83. The number of nitrogens with one attached hydrogen (secondary N) is 1. The Bertz CT molecular complexity index is 409. The number of amides is 2. The third-order valence-electron chi connectivity index (χ3n) is 1.60. The van der Waals surface area contributed by atoms with E-state index in [1.807, 2.05) is 0 Å². The quantitative estimate of drug-likeness (QED) is 0.802. The molecule has 0 fully saturated rings. The zero-order valence-corrected chi connectivity index (χ0v) is 8.34. The second-order valence-corrected chi connectivity index (χ2v) is 3.21. The van der Waals surface area contributed by atoms with Crippen molar-refractivity contribution in [3.05, 3.63) is 34.6 Å². The highest BCUT2D eigenvalue weighted by Crippen LogP contribution is 2.14. The van der Waals surface area contributed by atoms with Gasteiger partial charge >= 0.3 is 0 Å². The number of hydrogen-bond acceptors (Lipinski definition) is 2. The molecule has 0 heterocycles. The van der Waals surface area contributed by atoms with E-state index in [1.54, 1.807) is 0 Å². The molecule has 0 atom stereocenters. The van der Waals surface area contributed by atoms with Gasteiger partial charge in [0.25, 0.3) is 5.91 Å². The largest absolute Gasteiger partial charge is 0.368 e. The number of primary amides is 1. The standard InChI is InChI=1S/C9H8ClFN2O2/c10-5-1-2-6(7(11)3-5)9(15)13-4-8(12)14/h1-3H,4H2,(H2,12,14)(H,13,15). The second kappa shape index (κ2) is 4.75. The number of carbonyl (C=O) groups excluding carboxylic acids is 2. The molecule has 1 rings (SSSR count). The van der Waals surface area contributed by atoms with Crippen LogP contribution in [0.15, 0.2) is 18.2 Å². The zero-order valence-electron chi connectivity index (χ0n) is 7.59. The van der Waals surface area contributed by atoms with Crippen LogP contribution in [0.3, 0.4) is 0 Å². The highest BCUT2D eigenvalue weighted by Gasteiger charge is 2.11. The maximum atomic E-state index is 13.2. The number of benzene rings is 1. The molecule has 0 aliphatic heterocycles. The normalized spacial score (nSPS) is 9.73. The molecule has 0 saturated carbocycles. The van der Waals surface area contributed by atoms with Crippen LogP contribution in [0.4, 0.5) is 4.39 Å². The number of nitrogens with two attached hydrogens (primary N) is 1. The van der Waals surface area contributed by atoms with Gasteiger partial charge in [0.15, 0.2) is 0 Å². The monoisotopic (exact) mass is 230 g/mol. The van der Waals surface area contributed by atoms with Crippen molar-refractivity contribution in [2.45, 2.75) is 0 Å². The van der Waals surface area contributed by atoms with E-state index in [0.29, 0.717) is 0 Å². The van der Waals surface area contributed by atoms with Gasteiger partial charge in [0.2, 0.25) is 5.91 Å². The summed E-state index contributed by atoms with van der Waals surface area (Å²) in [5.41, 5.74) is 4.63. The fourth-order valence-corrected chi connectivity index (χ4v) is 1.10. The zero-order chi connectivity index (χ0) is 11.4. The fourth-order valence-electron chi connectivity index (χ4n) is 0.936. The predicted octanol–water partition coefficient (Wildman–Crippen LogP) is 0.694. The fraction of sp³-hybridized carbons (Fsp3) is 0.111. The minimum Gasteiger partial charge on any atom is -0.368 e. The lowest BCUT2D eigenvalue weighted by molar-refractivity contribution is -0.117. The van der Waals surface area contributed by atoms with Crippen LogP contribution in [0, 0.1) is 5.82 Å². The van der Waals surface area contributed by atoms with E-state index in [1.165, 1.54) is 12.1 Å². The van der Waals surface area contributed by atoms with E-state index < -0.39 is 17.6 Å². The molecular formula is C9H8ClFN2O2. The van der Waals surface area contributed by atoms with E-state index in [9.17, 15) is 14.0 Å². The third kappa shape index (κ3) is 3.21. The van der Waals surface area contributed by atoms with Crippen LogP contribution >= 0.6 is 11.6 Å². The Hall–Kier alpha value is -1.62. The maximum Gasteiger partial charge on any atom is 0.254 e. The Morgan fingerprint density at radius 1 is 1.47 bits per heavy atom.